The fraction of sp³-hybridized carbons (Fsp3) is 0.577. The fourth-order valence-corrected chi connectivity index (χ4v) is 4.01. The first-order chi connectivity index (χ1) is 19.4. The second-order valence-corrected chi connectivity index (χ2v) is 8.68. The minimum absolute atomic E-state index is 0.0655. The van der Waals surface area contributed by atoms with E-state index in [9.17, 15) is 24.0 Å². The first-order valence-electron chi connectivity index (χ1n) is 13.0. The van der Waals surface area contributed by atoms with E-state index in [0.29, 0.717) is 71.7 Å². The highest BCUT2D eigenvalue weighted by Gasteiger charge is 2.45. The van der Waals surface area contributed by atoms with Crippen molar-refractivity contribution in [1.29, 1.82) is 0 Å². The zero-order chi connectivity index (χ0) is 28.7. The van der Waals surface area contributed by atoms with Crippen molar-refractivity contribution < 1.29 is 52.4 Å². The van der Waals surface area contributed by atoms with Gasteiger partial charge in [0, 0.05) is 18.7 Å². The Morgan fingerprint density at radius 1 is 0.875 bits per heavy atom. The van der Waals surface area contributed by atoms with Gasteiger partial charge in [-0.15, -0.1) is 0 Å². The third-order valence-corrected chi connectivity index (χ3v) is 5.97. The predicted molar refractivity (Wildman–Crippen MR) is 138 cm³/mol. The van der Waals surface area contributed by atoms with Gasteiger partial charge in [-0.2, -0.15) is 0 Å². The fourth-order valence-electron chi connectivity index (χ4n) is 4.01. The van der Waals surface area contributed by atoms with Crippen molar-refractivity contribution in [3.63, 3.8) is 0 Å². The molecule has 0 aromatic heterocycles. The van der Waals surface area contributed by atoms with E-state index in [2.05, 4.69) is 15.4 Å². The molecule has 14 heteroatoms. The Bertz CT molecular complexity index is 1050. The van der Waals surface area contributed by atoms with Gasteiger partial charge < -0.3 is 33.7 Å². The average Bonchev–Trinajstić information content (AvgIpc) is 3.20. The Kier molecular flexibility index (Phi) is 12.9. The zero-order valence-electron chi connectivity index (χ0n) is 22.4. The molecule has 1 aromatic rings. The van der Waals surface area contributed by atoms with Crippen LogP contribution in [-0.2, 0) is 42.8 Å². The van der Waals surface area contributed by atoms with Crippen LogP contribution in [-0.4, -0.2) is 120 Å². The molecule has 1 aromatic carbocycles. The molecule has 40 heavy (non-hydrogen) atoms. The minimum Gasteiger partial charge on any atom is -0.467 e. The molecule has 2 N–H and O–H groups in total. The van der Waals surface area contributed by atoms with Gasteiger partial charge in [0.05, 0.1) is 77.7 Å². The summed E-state index contributed by atoms with van der Waals surface area (Å²) < 4.78 is 31.2. The van der Waals surface area contributed by atoms with Crippen LogP contribution < -0.4 is 10.6 Å². The molecule has 3 rings (SSSR count). The minimum atomic E-state index is -1.01. The lowest BCUT2D eigenvalue weighted by molar-refractivity contribution is -0.146. The first-order valence-corrected chi connectivity index (χ1v) is 13.0. The summed E-state index contributed by atoms with van der Waals surface area (Å²) in [6.45, 7) is 3.63. The molecule has 0 spiro atoms. The average molecular weight is 566 g/mol. The van der Waals surface area contributed by atoms with Crippen molar-refractivity contribution >= 4 is 35.3 Å². The van der Waals surface area contributed by atoms with E-state index in [0.717, 1.165) is 4.90 Å². The van der Waals surface area contributed by atoms with E-state index in [1.807, 2.05) is 0 Å². The van der Waals surface area contributed by atoms with Gasteiger partial charge in [-0.3, -0.25) is 29.4 Å². The number of carbonyl (C=O) groups excluding carboxylic acids is 5. The van der Waals surface area contributed by atoms with Crippen LogP contribution in [0.5, 0.6) is 0 Å². The molecule has 2 heterocycles. The van der Waals surface area contributed by atoms with Crippen molar-refractivity contribution in [2.24, 2.45) is 0 Å². The van der Waals surface area contributed by atoms with Crippen LogP contribution in [0.25, 0.3) is 0 Å². The van der Waals surface area contributed by atoms with E-state index in [1.165, 1.54) is 7.11 Å². The van der Waals surface area contributed by atoms with Crippen LogP contribution in [0, 0.1) is 0 Å². The van der Waals surface area contributed by atoms with Gasteiger partial charge in [0.2, 0.25) is 11.8 Å². The molecule has 1 fully saturated rings. The second kappa shape index (κ2) is 16.6. The number of amides is 4. The van der Waals surface area contributed by atoms with Crippen LogP contribution in [0.1, 0.15) is 33.6 Å². The second-order valence-electron chi connectivity index (χ2n) is 8.68. The molecular formula is C26H35N3O11. The lowest BCUT2D eigenvalue weighted by Crippen LogP contribution is -2.54. The third kappa shape index (κ3) is 9.06. The normalized spacial score (nSPS) is 16.7. The number of nitrogens with zero attached hydrogens (tertiary/aromatic N) is 1. The van der Waals surface area contributed by atoms with E-state index in [4.69, 9.17) is 23.7 Å². The molecule has 4 amide bonds. The van der Waals surface area contributed by atoms with Gasteiger partial charge in [-0.1, -0.05) is 6.07 Å². The molecule has 0 saturated carbocycles. The first kappa shape index (κ1) is 31.1. The Morgan fingerprint density at radius 2 is 1.48 bits per heavy atom. The lowest BCUT2D eigenvalue weighted by Gasteiger charge is -2.27. The Morgan fingerprint density at radius 3 is 2.08 bits per heavy atom. The largest absolute Gasteiger partial charge is 0.467 e. The number of piperidine rings is 1. The molecule has 0 aliphatic carbocycles. The molecular weight excluding hydrogens is 530 g/mol. The molecule has 1 unspecified atom stereocenters. The van der Waals surface area contributed by atoms with Crippen LogP contribution in [0.2, 0.25) is 0 Å². The smallest absolute Gasteiger partial charge is 0.331 e. The van der Waals surface area contributed by atoms with Crippen LogP contribution in [0.15, 0.2) is 18.2 Å². The van der Waals surface area contributed by atoms with Gasteiger partial charge in [0.15, 0.2) is 0 Å². The highest BCUT2D eigenvalue weighted by molar-refractivity contribution is 6.25. The van der Waals surface area contributed by atoms with Crippen molar-refractivity contribution in [2.75, 3.05) is 85.0 Å². The number of ether oxygens (including phenoxy) is 6. The van der Waals surface area contributed by atoms with Gasteiger partial charge in [0.1, 0.15) is 12.6 Å². The summed E-state index contributed by atoms with van der Waals surface area (Å²) >= 11 is 0. The summed E-state index contributed by atoms with van der Waals surface area (Å²) in [5.41, 5.74) is 0.894. The maximum Gasteiger partial charge on any atom is 0.331 e. The van der Waals surface area contributed by atoms with E-state index < -0.39 is 35.6 Å². The van der Waals surface area contributed by atoms with Crippen molar-refractivity contribution in [1.82, 2.24) is 10.2 Å². The number of imide groups is 2. The van der Waals surface area contributed by atoms with Gasteiger partial charge in [0.25, 0.3) is 11.8 Å². The summed E-state index contributed by atoms with van der Waals surface area (Å²) in [6, 6.07) is 3.88. The number of fused-ring (bicyclic) bond motifs is 1. The maximum atomic E-state index is 13.1. The number of hydrogen-bond acceptors (Lipinski definition) is 12. The Balaban J connectivity index is 1.23. The number of hydrogen-bond donors (Lipinski definition) is 2. The molecule has 2 aliphatic rings. The standard InChI is InChI=1S/C26H35N3O11/c1-35-22(31)17-40-16-15-39-14-13-38-12-11-37-10-9-36-8-7-27-19-4-2-3-18-23(19)26(34)29(25(18)33)20-5-6-21(30)28-24(20)32/h2-4,20,27H,5-17H2,1H3,(H,28,30,32). The number of rotatable bonds is 19. The summed E-state index contributed by atoms with van der Waals surface area (Å²) in [7, 11) is 1.30. The number of esters is 1. The number of benzene rings is 1. The van der Waals surface area contributed by atoms with Crippen LogP contribution in [0.3, 0.4) is 0 Å². The van der Waals surface area contributed by atoms with Crippen LogP contribution >= 0.6 is 0 Å². The SMILES string of the molecule is COC(=O)COCCOCCOCCOCCOCCNc1cccc2c1C(=O)N(C1CCC(=O)NC1=O)C2=O. The van der Waals surface area contributed by atoms with E-state index >= 15 is 0 Å². The summed E-state index contributed by atoms with van der Waals surface area (Å²) in [5.74, 6) is -2.61. The molecule has 0 bridgehead atoms. The number of carbonyl (C=O) groups is 5. The monoisotopic (exact) mass is 565 g/mol. The molecule has 220 valence electrons. The Hall–Kier alpha value is -3.43. The summed E-state index contributed by atoms with van der Waals surface area (Å²) in [4.78, 5) is 61.4. The lowest BCUT2D eigenvalue weighted by atomic mass is 10.0. The number of methoxy groups -OCH3 is 1. The molecule has 1 atom stereocenters. The van der Waals surface area contributed by atoms with E-state index in [1.54, 1.807) is 18.2 Å². The van der Waals surface area contributed by atoms with Crippen molar-refractivity contribution in [3.8, 4) is 0 Å². The van der Waals surface area contributed by atoms with Crippen LogP contribution in [0.4, 0.5) is 5.69 Å². The summed E-state index contributed by atoms with van der Waals surface area (Å²) in [5, 5.41) is 5.30. The van der Waals surface area contributed by atoms with Gasteiger partial charge in [-0.05, 0) is 18.6 Å². The highest BCUT2D eigenvalue weighted by Crippen LogP contribution is 2.32. The van der Waals surface area contributed by atoms with Gasteiger partial charge >= 0.3 is 5.97 Å². The van der Waals surface area contributed by atoms with Crippen molar-refractivity contribution in [2.45, 2.75) is 18.9 Å². The van der Waals surface area contributed by atoms with Crippen molar-refractivity contribution in [3.05, 3.63) is 29.3 Å². The topological polar surface area (TPSA) is 168 Å². The van der Waals surface area contributed by atoms with Gasteiger partial charge in [-0.25, -0.2) is 4.79 Å². The molecule has 1 saturated heterocycles. The third-order valence-electron chi connectivity index (χ3n) is 5.97. The highest BCUT2D eigenvalue weighted by atomic mass is 16.6. The quantitative estimate of drug-likeness (QED) is 0.128. The number of nitrogens with one attached hydrogen (secondary N) is 2. The number of anilines is 1. The van der Waals surface area contributed by atoms with E-state index in [-0.39, 0.29) is 30.6 Å². The molecule has 14 nitrogen and oxygen atoms in total. The molecule has 0 radical (unpaired) electrons. The maximum absolute atomic E-state index is 13.1. The summed E-state index contributed by atoms with van der Waals surface area (Å²) in [6.07, 6.45) is 0.169. The predicted octanol–water partition coefficient (Wildman–Crippen LogP) is -0.244. The Labute approximate surface area is 231 Å². The molecule has 2 aliphatic heterocycles. The zero-order valence-corrected chi connectivity index (χ0v) is 22.4.